The first-order chi connectivity index (χ1) is 10.6. The monoisotopic (exact) mass is 306 g/mol. The molecule has 0 atom stereocenters. The average molecular weight is 306 g/mol. The van der Waals surface area contributed by atoms with Crippen LogP contribution in [0.1, 0.15) is 24.8 Å². The zero-order valence-corrected chi connectivity index (χ0v) is 12.2. The number of rotatable bonds is 6. The van der Waals surface area contributed by atoms with Crippen LogP contribution < -0.4 is 5.48 Å². The Bertz CT molecular complexity index is 587. The van der Waals surface area contributed by atoms with E-state index in [4.69, 9.17) is 5.21 Å². The Morgan fingerprint density at radius 3 is 2.82 bits per heavy atom. The zero-order valence-electron chi connectivity index (χ0n) is 12.2. The van der Waals surface area contributed by atoms with E-state index in [9.17, 15) is 14.0 Å². The number of amides is 2. The van der Waals surface area contributed by atoms with E-state index in [-0.39, 0.29) is 18.1 Å². The highest BCUT2D eigenvalue weighted by Crippen LogP contribution is 2.17. The summed E-state index contributed by atoms with van der Waals surface area (Å²) in [5.41, 5.74) is 2.71. The molecule has 2 N–H and O–H groups in total. The smallest absolute Gasteiger partial charge is 0.249 e. The van der Waals surface area contributed by atoms with E-state index in [2.05, 4.69) is 0 Å². The molecule has 0 bridgehead atoms. The van der Waals surface area contributed by atoms with Gasteiger partial charge in [-0.3, -0.25) is 14.8 Å². The van der Waals surface area contributed by atoms with E-state index in [0.717, 1.165) is 6.42 Å². The van der Waals surface area contributed by atoms with Gasteiger partial charge in [-0.1, -0.05) is 24.3 Å². The minimum atomic E-state index is -0.516. The fraction of sp³-hybridized carbons (Fsp3) is 0.375. The van der Waals surface area contributed by atoms with Crippen LogP contribution in [0.15, 0.2) is 35.9 Å². The van der Waals surface area contributed by atoms with Gasteiger partial charge in [-0.15, -0.1) is 0 Å². The second kappa shape index (κ2) is 7.70. The van der Waals surface area contributed by atoms with Gasteiger partial charge in [0.2, 0.25) is 11.8 Å². The summed E-state index contributed by atoms with van der Waals surface area (Å²) in [7, 11) is 0. The van der Waals surface area contributed by atoms with Gasteiger partial charge in [0.25, 0.3) is 0 Å². The molecular formula is C16H19FN2O3. The SMILES string of the molecule is O=C(CCC1=CCCN(CCc2ccccc2F)C1=O)NO. The summed E-state index contributed by atoms with van der Waals surface area (Å²) in [5, 5.41) is 8.47. The summed E-state index contributed by atoms with van der Waals surface area (Å²) in [6.07, 6.45) is 3.37. The molecule has 0 fully saturated rings. The molecule has 1 aromatic rings. The minimum absolute atomic E-state index is 0.0647. The second-order valence-electron chi connectivity index (χ2n) is 5.19. The van der Waals surface area contributed by atoms with Crippen molar-refractivity contribution in [2.75, 3.05) is 13.1 Å². The van der Waals surface area contributed by atoms with Crippen LogP contribution in [0, 0.1) is 5.82 Å². The molecule has 1 heterocycles. The Labute approximate surface area is 128 Å². The van der Waals surface area contributed by atoms with Crippen molar-refractivity contribution in [2.24, 2.45) is 0 Å². The third-order valence-electron chi connectivity index (χ3n) is 3.71. The van der Waals surface area contributed by atoms with E-state index in [1.807, 2.05) is 6.08 Å². The maximum absolute atomic E-state index is 13.6. The van der Waals surface area contributed by atoms with Crippen LogP contribution in [-0.2, 0) is 16.0 Å². The number of nitrogens with one attached hydrogen (secondary N) is 1. The van der Waals surface area contributed by atoms with Crippen molar-refractivity contribution in [3.8, 4) is 0 Å². The molecular weight excluding hydrogens is 287 g/mol. The maximum Gasteiger partial charge on any atom is 0.249 e. The lowest BCUT2D eigenvalue weighted by atomic mass is 10.0. The average Bonchev–Trinajstić information content (AvgIpc) is 2.53. The van der Waals surface area contributed by atoms with Gasteiger partial charge >= 0.3 is 0 Å². The highest BCUT2D eigenvalue weighted by atomic mass is 19.1. The first-order valence-electron chi connectivity index (χ1n) is 7.26. The summed E-state index contributed by atoms with van der Waals surface area (Å²) in [5.74, 6) is -0.896. The predicted molar refractivity (Wildman–Crippen MR) is 78.5 cm³/mol. The van der Waals surface area contributed by atoms with Crippen molar-refractivity contribution in [1.29, 1.82) is 0 Å². The molecule has 0 aliphatic carbocycles. The molecule has 1 aliphatic rings. The Hall–Kier alpha value is -2.21. The van der Waals surface area contributed by atoms with Gasteiger partial charge in [-0.25, -0.2) is 9.87 Å². The molecule has 22 heavy (non-hydrogen) atoms. The Morgan fingerprint density at radius 2 is 2.09 bits per heavy atom. The molecule has 0 saturated heterocycles. The fourth-order valence-electron chi connectivity index (χ4n) is 2.47. The van der Waals surface area contributed by atoms with Crippen molar-refractivity contribution in [1.82, 2.24) is 10.4 Å². The maximum atomic E-state index is 13.6. The van der Waals surface area contributed by atoms with E-state index >= 15 is 0 Å². The number of hydroxylamine groups is 1. The number of nitrogens with zero attached hydrogens (tertiary/aromatic N) is 1. The summed E-state index contributed by atoms with van der Waals surface area (Å²) in [4.78, 5) is 25.0. The lowest BCUT2D eigenvalue weighted by molar-refractivity contribution is -0.129. The summed E-state index contributed by atoms with van der Waals surface area (Å²) < 4.78 is 13.6. The third kappa shape index (κ3) is 4.14. The van der Waals surface area contributed by atoms with E-state index in [1.165, 1.54) is 6.07 Å². The van der Waals surface area contributed by atoms with Crippen LogP contribution >= 0.6 is 0 Å². The van der Waals surface area contributed by atoms with Gasteiger partial charge in [-0.2, -0.15) is 0 Å². The molecule has 0 spiro atoms. The van der Waals surface area contributed by atoms with Gasteiger partial charge in [-0.05, 0) is 30.9 Å². The number of carbonyl (C=O) groups excluding carboxylic acids is 2. The van der Waals surface area contributed by atoms with Gasteiger partial charge in [0.15, 0.2) is 0 Å². The van der Waals surface area contributed by atoms with Crippen molar-refractivity contribution in [3.63, 3.8) is 0 Å². The molecule has 2 amide bonds. The summed E-state index contributed by atoms with van der Waals surface area (Å²) in [6, 6.07) is 6.53. The van der Waals surface area contributed by atoms with Gasteiger partial charge in [0.1, 0.15) is 5.82 Å². The highest BCUT2D eigenvalue weighted by Gasteiger charge is 2.22. The van der Waals surface area contributed by atoms with Gasteiger partial charge in [0, 0.05) is 25.1 Å². The Morgan fingerprint density at radius 1 is 1.32 bits per heavy atom. The topological polar surface area (TPSA) is 69.6 Å². The van der Waals surface area contributed by atoms with Crippen molar-refractivity contribution in [2.45, 2.75) is 25.7 Å². The molecule has 0 radical (unpaired) electrons. The van der Waals surface area contributed by atoms with Crippen LogP contribution in [0.4, 0.5) is 4.39 Å². The molecule has 1 aliphatic heterocycles. The second-order valence-corrected chi connectivity index (χ2v) is 5.19. The van der Waals surface area contributed by atoms with Crippen molar-refractivity contribution < 1.29 is 19.2 Å². The molecule has 0 aromatic heterocycles. The Balaban J connectivity index is 1.90. The van der Waals surface area contributed by atoms with E-state index < -0.39 is 5.91 Å². The number of hydrogen-bond acceptors (Lipinski definition) is 3. The third-order valence-corrected chi connectivity index (χ3v) is 3.71. The van der Waals surface area contributed by atoms with Gasteiger partial charge < -0.3 is 4.90 Å². The summed E-state index contributed by atoms with van der Waals surface area (Å²) in [6.45, 7) is 1.05. The molecule has 0 saturated carbocycles. The molecule has 118 valence electrons. The quantitative estimate of drug-likeness (QED) is 0.622. The largest absolute Gasteiger partial charge is 0.338 e. The first kappa shape index (κ1) is 16.2. The van der Waals surface area contributed by atoms with Crippen LogP contribution in [0.3, 0.4) is 0 Å². The van der Waals surface area contributed by atoms with E-state index in [0.29, 0.717) is 37.1 Å². The molecule has 5 nitrogen and oxygen atoms in total. The predicted octanol–water partition coefficient (Wildman–Crippen LogP) is 1.81. The zero-order chi connectivity index (χ0) is 15.9. The van der Waals surface area contributed by atoms with Crippen LogP contribution in [0.25, 0.3) is 0 Å². The van der Waals surface area contributed by atoms with Crippen molar-refractivity contribution >= 4 is 11.8 Å². The number of hydrogen-bond donors (Lipinski definition) is 2. The first-order valence-corrected chi connectivity index (χ1v) is 7.26. The van der Waals surface area contributed by atoms with Crippen LogP contribution in [0.2, 0.25) is 0 Å². The lowest BCUT2D eigenvalue weighted by Crippen LogP contribution is -2.37. The normalized spacial score (nSPS) is 14.7. The van der Waals surface area contributed by atoms with E-state index in [1.54, 1.807) is 28.6 Å². The molecule has 2 rings (SSSR count). The number of halogens is 1. The number of carbonyl (C=O) groups is 2. The molecule has 0 unspecified atom stereocenters. The van der Waals surface area contributed by atoms with Crippen LogP contribution in [0.5, 0.6) is 0 Å². The highest BCUT2D eigenvalue weighted by molar-refractivity contribution is 5.94. The number of benzene rings is 1. The van der Waals surface area contributed by atoms with Crippen molar-refractivity contribution in [3.05, 3.63) is 47.3 Å². The standard InChI is InChI=1S/C16H19FN2O3/c17-14-6-2-1-4-12(14)9-11-19-10-3-5-13(16(19)21)7-8-15(20)18-22/h1-2,4-6,22H,3,7-11H2,(H,18,20). The van der Waals surface area contributed by atoms with Gasteiger partial charge in [0.05, 0.1) is 0 Å². The fourth-order valence-corrected chi connectivity index (χ4v) is 2.47. The molecule has 6 heteroatoms. The van der Waals surface area contributed by atoms with Crippen LogP contribution in [-0.4, -0.2) is 35.0 Å². The summed E-state index contributed by atoms with van der Waals surface area (Å²) >= 11 is 0. The Kier molecular flexibility index (Phi) is 5.66. The lowest BCUT2D eigenvalue weighted by Gasteiger charge is -2.27. The minimum Gasteiger partial charge on any atom is -0.338 e. The molecule has 1 aromatic carbocycles.